The van der Waals surface area contributed by atoms with E-state index < -0.39 is 17.8 Å². The molecule has 5 nitrogen and oxygen atoms in total. The molecule has 1 aromatic rings. The topological polar surface area (TPSA) is 66.5 Å². The zero-order valence-corrected chi connectivity index (χ0v) is 21.1. The molecule has 0 spiro atoms. The third-order valence-corrected chi connectivity index (χ3v) is 8.98. The average Bonchev–Trinajstić information content (AvgIpc) is 3.67. The number of halogens is 1. The van der Waals surface area contributed by atoms with E-state index in [1.165, 1.54) is 12.5 Å². The molecule has 4 aliphatic rings. The summed E-state index contributed by atoms with van der Waals surface area (Å²) in [6.07, 6.45) is 9.32. The SMILES string of the molecule is CC(C)C(=O)C(NC(=O)c1ccc(C2C3CCC2CN(C(=O)C2CC2)C3)cc1F)C1CCCCC1. The third kappa shape index (κ3) is 5.03. The van der Waals surface area contributed by atoms with Crippen LogP contribution in [0.1, 0.15) is 93.5 Å². The van der Waals surface area contributed by atoms with Crippen LogP contribution in [-0.2, 0) is 9.59 Å². The highest BCUT2D eigenvalue weighted by Crippen LogP contribution is 2.49. The van der Waals surface area contributed by atoms with Crippen molar-refractivity contribution in [3.05, 3.63) is 35.1 Å². The van der Waals surface area contributed by atoms with Gasteiger partial charge in [0.25, 0.3) is 5.91 Å². The molecule has 3 atom stereocenters. The maximum absolute atomic E-state index is 15.3. The Morgan fingerprint density at radius 1 is 0.943 bits per heavy atom. The number of likely N-dealkylation sites (tertiary alicyclic amines) is 1. The van der Waals surface area contributed by atoms with Gasteiger partial charge in [-0.15, -0.1) is 0 Å². The van der Waals surface area contributed by atoms with Crippen molar-refractivity contribution in [3.63, 3.8) is 0 Å². The van der Waals surface area contributed by atoms with Gasteiger partial charge in [-0.05, 0) is 79.9 Å². The van der Waals surface area contributed by atoms with Crippen LogP contribution in [0.25, 0.3) is 0 Å². The lowest BCUT2D eigenvalue weighted by Gasteiger charge is -2.38. The first kappa shape index (κ1) is 24.5. The maximum Gasteiger partial charge on any atom is 0.254 e. The predicted molar refractivity (Wildman–Crippen MR) is 132 cm³/mol. The summed E-state index contributed by atoms with van der Waals surface area (Å²) in [5.74, 6) is 0.468. The summed E-state index contributed by atoms with van der Waals surface area (Å²) < 4.78 is 15.3. The highest BCUT2D eigenvalue weighted by Gasteiger charge is 2.46. The molecule has 3 unspecified atom stereocenters. The van der Waals surface area contributed by atoms with E-state index in [9.17, 15) is 14.4 Å². The van der Waals surface area contributed by atoms with E-state index in [2.05, 4.69) is 5.32 Å². The first-order valence-corrected chi connectivity index (χ1v) is 13.8. The van der Waals surface area contributed by atoms with E-state index in [0.29, 0.717) is 17.7 Å². The standard InChI is InChI=1S/C29H39FN2O3/c1-17(2)27(33)26(18-6-4-3-5-7-18)31-28(34)23-13-12-20(14-24(23)30)25-21-10-11-22(25)16-32(15-21)29(35)19-8-9-19/h12-14,17-19,21-22,25-26H,3-11,15-16H2,1-2H3,(H,31,34). The second kappa shape index (κ2) is 10.0. The maximum atomic E-state index is 15.3. The van der Waals surface area contributed by atoms with Crippen molar-refractivity contribution < 1.29 is 18.8 Å². The highest BCUT2D eigenvalue weighted by molar-refractivity contribution is 5.98. The summed E-state index contributed by atoms with van der Waals surface area (Å²) in [6, 6.07) is 4.47. The van der Waals surface area contributed by atoms with Crippen molar-refractivity contribution in [2.45, 2.75) is 83.6 Å². The zero-order chi connectivity index (χ0) is 24.7. The number of amides is 2. The Labute approximate surface area is 208 Å². The van der Waals surface area contributed by atoms with Crippen LogP contribution in [0, 0.1) is 35.4 Å². The van der Waals surface area contributed by atoms with E-state index in [0.717, 1.165) is 70.0 Å². The fraction of sp³-hybridized carbons (Fsp3) is 0.690. The number of Topliss-reactive ketones (excluding diaryl/α,β-unsaturated/α-hetero) is 1. The number of hydrogen-bond donors (Lipinski definition) is 1. The summed E-state index contributed by atoms with van der Waals surface area (Å²) in [5, 5.41) is 2.92. The van der Waals surface area contributed by atoms with Crippen LogP contribution in [0.3, 0.4) is 0 Å². The summed E-state index contributed by atoms with van der Waals surface area (Å²) in [6.45, 7) is 5.25. The van der Waals surface area contributed by atoms with Crippen LogP contribution < -0.4 is 5.32 Å². The highest BCUT2D eigenvalue weighted by atomic mass is 19.1. The van der Waals surface area contributed by atoms with Gasteiger partial charge in [0.15, 0.2) is 5.78 Å². The van der Waals surface area contributed by atoms with E-state index >= 15 is 4.39 Å². The fourth-order valence-electron chi connectivity index (χ4n) is 6.93. The summed E-state index contributed by atoms with van der Waals surface area (Å²) in [7, 11) is 0. The minimum atomic E-state index is -0.550. The number of benzene rings is 1. The molecule has 1 aliphatic heterocycles. The second-order valence-electron chi connectivity index (χ2n) is 11.8. The van der Waals surface area contributed by atoms with Crippen molar-refractivity contribution in [1.29, 1.82) is 0 Å². The Kier molecular flexibility index (Phi) is 7.00. The predicted octanol–water partition coefficient (Wildman–Crippen LogP) is 5.09. The minimum absolute atomic E-state index is 0.0137. The van der Waals surface area contributed by atoms with Crippen LogP contribution in [0.5, 0.6) is 0 Å². The van der Waals surface area contributed by atoms with Gasteiger partial charge in [-0.2, -0.15) is 0 Å². The molecule has 6 heteroatoms. The van der Waals surface area contributed by atoms with Gasteiger partial charge >= 0.3 is 0 Å². The number of piperidine rings is 1. The van der Waals surface area contributed by atoms with Gasteiger partial charge in [0.05, 0.1) is 11.6 Å². The monoisotopic (exact) mass is 482 g/mol. The molecule has 4 fully saturated rings. The molecule has 35 heavy (non-hydrogen) atoms. The Bertz CT molecular complexity index is 968. The molecule has 190 valence electrons. The molecule has 1 saturated heterocycles. The van der Waals surface area contributed by atoms with Gasteiger partial charge in [-0.1, -0.05) is 39.2 Å². The number of hydrogen-bond acceptors (Lipinski definition) is 3. The van der Waals surface area contributed by atoms with Crippen molar-refractivity contribution >= 4 is 17.6 Å². The Morgan fingerprint density at radius 2 is 1.60 bits per heavy atom. The second-order valence-corrected chi connectivity index (χ2v) is 11.8. The summed E-state index contributed by atoms with van der Waals surface area (Å²) in [5.41, 5.74) is 0.951. The van der Waals surface area contributed by atoms with Gasteiger partial charge in [0.2, 0.25) is 5.91 Å². The Hall–Kier alpha value is -2.24. The number of carbonyl (C=O) groups excluding carboxylic acids is 3. The van der Waals surface area contributed by atoms with E-state index in [1.54, 1.807) is 6.07 Å². The molecule has 3 aliphatic carbocycles. The molecule has 2 amide bonds. The van der Waals surface area contributed by atoms with Gasteiger partial charge in [0.1, 0.15) is 5.82 Å². The van der Waals surface area contributed by atoms with Crippen molar-refractivity contribution in [2.24, 2.45) is 29.6 Å². The van der Waals surface area contributed by atoms with Gasteiger partial charge < -0.3 is 10.2 Å². The first-order valence-electron chi connectivity index (χ1n) is 13.8. The number of rotatable bonds is 7. The van der Waals surface area contributed by atoms with Crippen LogP contribution in [0.2, 0.25) is 0 Å². The molecule has 5 rings (SSSR count). The van der Waals surface area contributed by atoms with Gasteiger partial charge in [-0.3, -0.25) is 14.4 Å². The fourth-order valence-corrected chi connectivity index (χ4v) is 6.93. The van der Waals surface area contributed by atoms with E-state index in [4.69, 9.17) is 0 Å². The zero-order valence-electron chi connectivity index (χ0n) is 21.1. The van der Waals surface area contributed by atoms with Crippen molar-refractivity contribution in [1.82, 2.24) is 10.2 Å². The lowest BCUT2D eigenvalue weighted by molar-refractivity contribution is -0.135. The lowest BCUT2D eigenvalue weighted by Crippen LogP contribution is -2.48. The minimum Gasteiger partial charge on any atom is -0.342 e. The van der Waals surface area contributed by atoms with E-state index in [-0.39, 0.29) is 35.0 Å². The first-order chi connectivity index (χ1) is 16.8. The van der Waals surface area contributed by atoms with Crippen molar-refractivity contribution in [2.75, 3.05) is 13.1 Å². The van der Waals surface area contributed by atoms with Gasteiger partial charge in [0, 0.05) is 24.9 Å². The van der Waals surface area contributed by atoms with Crippen LogP contribution in [0.4, 0.5) is 4.39 Å². The Balaban J connectivity index is 1.29. The molecule has 3 saturated carbocycles. The largest absolute Gasteiger partial charge is 0.342 e. The van der Waals surface area contributed by atoms with Crippen LogP contribution in [-0.4, -0.2) is 41.6 Å². The smallest absolute Gasteiger partial charge is 0.254 e. The van der Waals surface area contributed by atoms with E-state index in [1.807, 2.05) is 24.8 Å². The molecule has 0 radical (unpaired) electrons. The molecular weight excluding hydrogens is 443 g/mol. The number of carbonyl (C=O) groups is 3. The quantitative estimate of drug-likeness (QED) is 0.589. The van der Waals surface area contributed by atoms with Gasteiger partial charge in [-0.25, -0.2) is 4.39 Å². The molecule has 2 bridgehead atoms. The Morgan fingerprint density at radius 3 is 2.17 bits per heavy atom. The average molecular weight is 483 g/mol. The molecule has 1 heterocycles. The van der Waals surface area contributed by atoms with Crippen LogP contribution in [0.15, 0.2) is 18.2 Å². The van der Waals surface area contributed by atoms with Crippen molar-refractivity contribution in [3.8, 4) is 0 Å². The number of nitrogens with zero attached hydrogens (tertiary/aromatic N) is 1. The van der Waals surface area contributed by atoms with Crippen LogP contribution >= 0.6 is 0 Å². The normalized spacial score (nSPS) is 27.7. The third-order valence-electron chi connectivity index (χ3n) is 8.98. The summed E-state index contributed by atoms with van der Waals surface area (Å²) in [4.78, 5) is 40.7. The summed E-state index contributed by atoms with van der Waals surface area (Å²) >= 11 is 0. The number of nitrogens with one attached hydrogen (secondary N) is 1. The molecule has 0 aromatic heterocycles. The number of ketones is 1. The molecule has 1 aromatic carbocycles. The molecular formula is C29H39FN2O3. The molecule has 1 N–H and O–H groups in total. The number of fused-ring (bicyclic) bond motifs is 2. The lowest BCUT2D eigenvalue weighted by atomic mass is 9.79.